The van der Waals surface area contributed by atoms with Crippen LogP contribution in [-0.2, 0) is 22.0 Å². The van der Waals surface area contributed by atoms with Gasteiger partial charge in [-0.15, -0.1) is 0 Å². The first-order valence-electron chi connectivity index (χ1n) is 8.25. The van der Waals surface area contributed by atoms with Crippen LogP contribution in [0.4, 0.5) is 11.8 Å². The lowest BCUT2D eigenvalue weighted by molar-refractivity contribution is -0.127. The molecule has 2 atom stereocenters. The zero-order valence-corrected chi connectivity index (χ0v) is 14.4. The van der Waals surface area contributed by atoms with Crippen molar-refractivity contribution in [2.75, 3.05) is 42.1 Å². The highest BCUT2D eigenvalue weighted by molar-refractivity contribution is 7.85. The zero-order chi connectivity index (χ0) is 16.8. The van der Waals surface area contributed by atoms with Gasteiger partial charge in [-0.2, -0.15) is 4.98 Å². The lowest BCUT2D eigenvalue weighted by Crippen LogP contribution is -2.51. The Bertz CT molecular complexity index is 707. The van der Waals surface area contributed by atoms with E-state index in [1.165, 1.54) is 0 Å². The Hall–Kier alpha value is -1.74. The van der Waals surface area contributed by atoms with E-state index in [1.54, 1.807) is 6.92 Å². The molecule has 8 nitrogen and oxygen atoms in total. The van der Waals surface area contributed by atoms with Crippen molar-refractivity contribution in [1.29, 1.82) is 0 Å². The quantitative estimate of drug-likeness (QED) is 0.747. The number of hydrogen-bond donors (Lipinski definition) is 2. The molecule has 2 saturated heterocycles. The Kier molecular flexibility index (Phi) is 3.92. The van der Waals surface area contributed by atoms with E-state index in [4.69, 9.17) is 0 Å². The molecule has 1 aromatic heterocycles. The van der Waals surface area contributed by atoms with Gasteiger partial charge in [-0.05, 0) is 6.42 Å². The molecule has 1 aromatic rings. The number of nitrogens with zero attached hydrogens (tertiary/aromatic N) is 4. The van der Waals surface area contributed by atoms with Gasteiger partial charge < -0.3 is 20.2 Å². The number of likely N-dealkylation sites (tertiary alicyclic amines) is 1. The first-order chi connectivity index (χ1) is 11.5. The molecule has 0 aromatic carbocycles. The van der Waals surface area contributed by atoms with Gasteiger partial charge in [0.2, 0.25) is 11.9 Å². The Morgan fingerprint density at radius 3 is 2.79 bits per heavy atom. The molecule has 3 aliphatic rings. The summed E-state index contributed by atoms with van der Waals surface area (Å²) in [6, 6.07) is 0.111. The Labute approximate surface area is 142 Å². The van der Waals surface area contributed by atoms with Crippen LogP contribution >= 0.6 is 0 Å². The summed E-state index contributed by atoms with van der Waals surface area (Å²) in [5.74, 6) is 1.87. The van der Waals surface area contributed by atoms with E-state index in [2.05, 4.69) is 15.3 Å². The van der Waals surface area contributed by atoms with Crippen LogP contribution in [0.25, 0.3) is 0 Å². The minimum atomic E-state index is -1.08. The van der Waals surface area contributed by atoms with Crippen molar-refractivity contribution in [3.63, 3.8) is 0 Å². The number of β-amino-alcohol motifs (C(OH)–C–C–N with tert-alkyl or cyclic N) is 1. The first kappa shape index (κ1) is 15.8. The number of aliphatic hydroxyl groups is 1. The third-order valence-corrected chi connectivity index (χ3v) is 6.25. The smallest absolute Gasteiger partial charge is 0.227 e. The number of aliphatic hydroxyl groups excluding tert-OH is 1. The molecule has 0 spiro atoms. The van der Waals surface area contributed by atoms with Gasteiger partial charge in [0.15, 0.2) is 0 Å². The van der Waals surface area contributed by atoms with Gasteiger partial charge >= 0.3 is 0 Å². The van der Waals surface area contributed by atoms with E-state index in [1.807, 2.05) is 9.80 Å². The average molecular weight is 351 g/mol. The summed E-state index contributed by atoms with van der Waals surface area (Å²) < 4.78 is 12.3. The molecule has 0 bridgehead atoms. The number of fused-ring (bicyclic) bond motifs is 1. The molecule has 24 heavy (non-hydrogen) atoms. The van der Waals surface area contributed by atoms with Crippen LogP contribution < -0.4 is 10.2 Å². The molecule has 0 radical (unpaired) electrons. The number of aryl methyl sites for hydroxylation is 1. The summed E-state index contributed by atoms with van der Waals surface area (Å²) in [7, 11) is -1.08. The highest BCUT2D eigenvalue weighted by Gasteiger charge is 2.33. The van der Waals surface area contributed by atoms with Crippen LogP contribution in [0.15, 0.2) is 4.90 Å². The molecule has 3 aliphatic heterocycles. The summed E-state index contributed by atoms with van der Waals surface area (Å²) >= 11 is 0. The third kappa shape index (κ3) is 2.75. The lowest BCUT2D eigenvalue weighted by atomic mass is 10.2. The standard InChI is InChI=1S/C15H21N5O3S/c1-9(21)19-4-2-10(6-19)16-14-13-12(3-5-24(13)23)17-15(18-14)20-7-11(22)8-20/h10-11,22H,2-8H2,1H3,(H,16,17,18)/t10-,24?/m1/s1. The minimum absolute atomic E-state index is 0.0750. The number of rotatable bonds is 3. The van der Waals surface area contributed by atoms with Gasteiger partial charge in [0.05, 0.1) is 22.6 Å². The number of aromatic nitrogens is 2. The number of nitrogens with one attached hydrogen (secondary N) is 1. The fraction of sp³-hybridized carbons (Fsp3) is 0.667. The summed E-state index contributed by atoms with van der Waals surface area (Å²) in [6.07, 6.45) is 1.21. The van der Waals surface area contributed by atoms with E-state index < -0.39 is 10.8 Å². The van der Waals surface area contributed by atoms with Crippen LogP contribution in [0, 0.1) is 0 Å². The summed E-state index contributed by atoms with van der Waals surface area (Å²) in [6.45, 7) is 4.01. The van der Waals surface area contributed by atoms with Crippen molar-refractivity contribution >= 4 is 28.5 Å². The van der Waals surface area contributed by atoms with Gasteiger partial charge in [0.25, 0.3) is 0 Å². The van der Waals surface area contributed by atoms with E-state index in [-0.39, 0.29) is 18.1 Å². The maximum atomic E-state index is 12.3. The predicted molar refractivity (Wildman–Crippen MR) is 89.5 cm³/mol. The van der Waals surface area contributed by atoms with E-state index in [0.717, 1.165) is 18.7 Å². The fourth-order valence-electron chi connectivity index (χ4n) is 3.40. The molecule has 2 N–H and O–H groups in total. The van der Waals surface area contributed by atoms with Crippen molar-refractivity contribution in [2.45, 2.75) is 36.8 Å². The van der Waals surface area contributed by atoms with Gasteiger partial charge in [-0.25, -0.2) is 4.98 Å². The lowest BCUT2D eigenvalue weighted by Gasteiger charge is -2.36. The molecule has 9 heteroatoms. The number of amides is 1. The van der Waals surface area contributed by atoms with Crippen LogP contribution in [0.5, 0.6) is 0 Å². The summed E-state index contributed by atoms with van der Waals surface area (Å²) in [5, 5.41) is 12.9. The molecule has 4 heterocycles. The van der Waals surface area contributed by atoms with Crippen molar-refractivity contribution in [3.05, 3.63) is 5.69 Å². The topological polar surface area (TPSA) is 98.7 Å². The third-order valence-electron chi connectivity index (χ3n) is 4.80. The van der Waals surface area contributed by atoms with Crippen molar-refractivity contribution < 1.29 is 14.1 Å². The van der Waals surface area contributed by atoms with E-state index in [0.29, 0.717) is 48.5 Å². The Morgan fingerprint density at radius 2 is 2.12 bits per heavy atom. The number of carbonyl (C=O) groups excluding carboxylic acids is 1. The van der Waals surface area contributed by atoms with Gasteiger partial charge in [-0.3, -0.25) is 9.00 Å². The molecular weight excluding hydrogens is 330 g/mol. The van der Waals surface area contributed by atoms with Crippen LogP contribution in [0.3, 0.4) is 0 Å². The first-order valence-corrected chi connectivity index (χ1v) is 9.57. The SMILES string of the molecule is CC(=O)N1CC[C@@H](Nc2nc(N3CC(O)C3)nc3c2S(=O)CC3)C1. The zero-order valence-electron chi connectivity index (χ0n) is 13.6. The number of hydrogen-bond acceptors (Lipinski definition) is 7. The highest BCUT2D eigenvalue weighted by Crippen LogP contribution is 2.32. The highest BCUT2D eigenvalue weighted by atomic mass is 32.2. The molecule has 4 rings (SSSR count). The van der Waals surface area contributed by atoms with Gasteiger partial charge in [0.1, 0.15) is 10.7 Å². The second-order valence-electron chi connectivity index (χ2n) is 6.60. The monoisotopic (exact) mass is 351 g/mol. The second kappa shape index (κ2) is 5.96. The van der Waals surface area contributed by atoms with E-state index in [9.17, 15) is 14.1 Å². The minimum Gasteiger partial charge on any atom is -0.389 e. The maximum absolute atomic E-state index is 12.3. The normalized spacial score (nSPS) is 26.4. The average Bonchev–Trinajstić information content (AvgIpc) is 3.11. The van der Waals surface area contributed by atoms with Crippen LogP contribution in [-0.4, -0.2) is 74.2 Å². The summed E-state index contributed by atoms with van der Waals surface area (Å²) in [5.41, 5.74) is 0.837. The van der Waals surface area contributed by atoms with E-state index >= 15 is 0 Å². The molecular formula is C15H21N5O3S. The predicted octanol–water partition coefficient (Wildman–Crippen LogP) is -0.646. The van der Waals surface area contributed by atoms with Gasteiger partial charge in [-0.1, -0.05) is 0 Å². The van der Waals surface area contributed by atoms with Crippen LogP contribution in [0.2, 0.25) is 0 Å². The maximum Gasteiger partial charge on any atom is 0.227 e. The van der Waals surface area contributed by atoms with Crippen molar-refractivity contribution in [1.82, 2.24) is 14.9 Å². The van der Waals surface area contributed by atoms with Crippen molar-refractivity contribution in [3.8, 4) is 0 Å². The Balaban J connectivity index is 1.59. The number of anilines is 2. The molecule has 2 fully saturated rings. The van der Waals surface area contributed by atoms with Crippen molar-refractivity contribution in [2.24, 2.45) is 0 Å². The van der Waals surface area contributed by atoms with Crippen LogP contribution in [0.1, 0.15) is 19.0 Å². The molecule has 130 valence electrons. The molecule has 1 unspecified atom stereocenters. The fourth-order valence-corrected chi connectivity index (χ4v) is 4.71. The largest absolute Gasteiger partial charge is 0.389 e. The molecule has 0 saturated carbocycles. The molecule has 1 amide bonds. The van der Waals surface area contributed by atoms with Gasteiger partial charge in [0, 0.05) is 51.3 Å². The Morgan fingerprint density at radius 1 is 1.33 bits per heavy atom. The summed E-state index contributed by atoms with van der Waals surface area (Å²) in [4.78, 5) is 25.1. The second-order valence-corrected chi connectivity index (χ2v) is 8.11. The number of carbonyl (C=O) groups is 1. The molecule has 0 aliphatic carbocycles.